The SMILES string of the molecule is CCN(c1ccsc1C(=O)NC1CCc2ccccc21)S(=O)(=O)c1ccccc1. The van der Waals surface area contributed by atoms with E-state index in [4.69, 9.17) is 0 Å². The van der Waals surface area contributed by atoms with Crippen LogP contribution in [0.2, 0.25) is 0 Å². The summed E-state index contributed by atoms with van der Waals surface area (Å²) in [5.74, 6) is -0.238. The van der Waals surface area contributed by atoms with E-state index in [9.17, 15) is 13.2 Å². The molecule has 0 fully saturated rings. The van der Waals surface area contributed by atoms with E-state index < -0.39 is 10.0 Å². The van der Waals surface area contributed by atoms with E-state index >= 15 is 0 Å². The number of rotatable bonds is 6. The van der Waals surface area contributed by atoms with E-state index in [0.29, 0.717) is 10.6 Å². The summed E-state index contributed by atoms with van der Waals surface area (Å²) in [4.78, 5) is 13.7. The van der Waals surface area contributed by atoms with Gasteiger partial charge >= 0.3 is 0 Å². The zero-order valence-electron chi connectivity index (χ0n) is 16.0. The van der Waals surface area contributed by atoms with Crippen LogP contribution in [0.4, 0.5) is 5.69 Å². The predicted octanol–water partition coefficient (Wildman–Crippen LogP) is 4.38. The molecule has 1 atom stereocenters. The van der Waals surface area contributed by atoms with Crippen LogP contribution in [0.3, 0.4) is 0 Å². The van der Waals surface area contributed by atoms with Gasteiger partial charge in [-0.3, -0.25) is 9.10 Å². The zero-order chi connectivity index (χ0) is 20.4. The van der Waals surface area contributed by atoms with Gasteiger partial charge in [0.25, 0.3) is 15.9 Å². The van der Waals surface area contributed by atoms with Gasteiger partial charge in [-0.25, -0.2) is 8.42 Å². The van der Waals surface area contributed by atoms with Crippen LogP contribution in [-0.4, -0.2) is 20.9 Å². The van der Waals surface area contributed by atoms with Gasteiger partial charge in [0.05, 0.1) is 16.6 Å². The summed E-state index contributed by atoms with van der Waals surface area (Å²) in [6.07, 6.45) is 1.79. The third kappa shape index (κ3) is 3.68. The molecule has 0 saturated carbocycles. The van der Waals surface area contributed by atoms with Crippen molar-refractivity contribution in [3.8, 4) is 0 Å². The lowest BCUT2D eigenvalue weighted by Gasteiger charge is -2.23. The first kappa shape index (κ1) is 19.7. The van der Waals surface area contributed by atoms with Gasteiger partial charge in [-0.1, -0.05) is 42.5 Å². The Morgan fingerprint density at radius 1 is 1.10 bits per heavy atom. The van der Waals surface area contributed by atoms with Crippen molar-refractivity contribution in [2.45, 2.75) is 30.7 Å². The number of nitrogens with one attached hydrogen (secondary N) is 1. The summed E-state index contributed by atoms with van der Waals surface area (Å²) in [5.41, 5.74) is 2.82. The first-order valence-electron chi connectivity index (χ1n) is 9.56. The summed E-state index contributed by atoms with van der Waals surface area (Å²) in [7, 11) is -3.75. The molecule has 0 radical (unpaired) electrons. The molecule has 1 heterocycles. The van der Waals surface area contributed by atoms with Gasteiger partial charge < -0.3 is 5.32 Å². The summed E-state index contributed by atoms with van der Waals surface area (Å²) in [6.45, 7) is 2.01. The quantitative estimate of drug-likeness (QED) is 0.636. The monoisotopic (exact) mass is 426 g/mol. The normalized spacial score (nSPS) is 15.7. The minimum absolute atomic E-state index is 0.0468. The minimum Gasteiger partial charge on any atom is -0.344 e. The van der Waals surface area contributed by atoms with Crippen LogP contribution in [0.1, 0.15) is 40.2 Å². The van der Waals surface area contributed by atoms with Crippen molar-refractivity contribution in [2.24, 2.45) is 0 Å². The zero-order valence-corrected chi connectivity index (χ0v) is 17.7. The van der Waals surface area contributed by atoms with Gasteiger partial charge in [0.15, 0.2) is 0 Å². The standard InChI is InChI=1S/C22H22N2O3S2/c1-2-24(29(26,27)17-9-4-3-5-10-17)20-14-15-28-21(20)22(25)23-19-13-12-16-8-6-7-11-18(16)19/h3-11,14-15,19H,2,12-13H2,1H3,(H,23,25). The molecule has 7 heteroatoms. The van der Waals surface area contributed by atoms with E-state index in [1.807, 2.05) is 18.2 Å². The van der Waals surface area contributed by atoms with Crippen molar-refractivity contribution in [2.75, 3.05) is 10.8 Å². The summed E-state index contributed by atoms with van der Waals surface area (Å²) in [5, 5.41) is 4.86. The van der Waals surface area contributed by atoms with Crippen molar-refractivity contribution in [3.63, 3.8) is 0 Å². The lowest BCUT2D eigenvalue weighted by molar-refractivity contribution is 0.0941. The lowest BCUT2D eigenvalue weighted by atomic mass is 10.1. The van der Waals surface area contributed by atoms with E-state index in [2.05, 4.69) is 11.4 Å². The number of aryl methyl sites for hydroxylation is 1. The molecule has 0 saturated heterocycles. The Hall–Kier alpha value is -2.64. The number of anilines is 1. The van der Waals surface area contributed by atoms with Gasteiger partial charge in [-0.2, -0.15) is 0 Å². The molecule has 0 spiro atoms. The fraction of sp³-hybridized carbons (Fsp3) is 0.227. The van der Waals surface area contributed by atoms with Crippen LogP contribution >= 0.6 is 11.3 Å². The molecule has 3 aromatic rings. The fourth-order valence-corrected chi connectivity index (χ4v) is 6.15. The molecular formula is C22H22N2O3S2. The van der Waals surface area contributed by atoms with E-state index in [0.717, 1.165) is 18.4 Å². The molecule has 1 aliphatic carbocycles. The van der Waals surface area contributed by atoms with Crippen LogP contribution in [0.5, 0.6) is 0 Å². The summed E-state index contributed by atoms with van der Waals surface area (Å²) < 4.78 is 27.6. The molecule has 1 aliphatic rings. The van der Waals surface area contributed by atoms with E-state index in [1.54, 1.807) is 48.7 Å². The van der Waals surface area contributed by atoms with Crippen molar-refractivity contribution in [3.05, 3.63) is 82.0 Å². The predicted molar refractivity (Wildman–Crippen MR) is 116 cm³/mol. The number of benzene rings is 2. The van der Waals surface area contributed by atoms with Gasteiger partial charge in [0, 0.05) is 6.54 Å². The average molecular weight is 427 g/mol. The van der Waals surface area contributed by atoms with Crippen LogP contribution in [0, 0.1) is 0 Å². The number of nitrogens with zero attached hydrogens (tertiary/aromatic N) is 1. The summed E-state index contributed by atoms with van der Waals surface area (Å²) >= 11 is 1.26. The third-order valence-corrected chi connectivity index (χ3v) is 7.98. The number of carbonyl (C=O) groups excluding carboxylic acids is 1. The fourth-order valence-electron chi connectivity index (χ4n) is 3.79. The van der Waals surface area contributed by atoms with Crippen molar-refractivity contribution < 1.29 is 13.2 Å². The number of hydrogen-bond acceptors (Lipinski definition) is 4. The number of fused-ring (bicyclic) bond motifs is 1. The molecule has 1 unspecified atom stereocenters. The third-order valence-electron chi connectivity index (χ3n) is 5.18. The number of thiophene rings is 1. The maximum Gasteiger partial charge on any atom is 0.264 e. The molecule has 29 heavy (non-hydrogen) atoms. The topological polar surface area (TPSA) is 66.5 Å². The number of amides is 1. The first-order chi connectivity index (χ1) is 14.0. The molecule has 0 aliphatic heterocycles. The number of carbonyl (C=O) groups is 1. The molecule has 2 aromatic carbocycles. The smallest absolute Gasteiger partial charge is 0.264 e. The Labute approximate surface area is 175 Å². The highest BCUT2D eigenvalue weighted by Gasteiger charge is 2.30. The number of sulfonamides is 1. The molecular weight excluding hydrogens is 404 g/mol. The Morgan fingerprint density at radius 3 is 2.59 bits per heavy atom. The van der Waals surface area contributed by atoms with Gasteiger partial charge in [-0.05, 0) is 54.5 Å². The molecule has 4 rings (SSSR count). The second-order valence-electron chi connectivity index (χ2n) is 6.88. The maximum atomic E-state index is 13.1. The van der Waals surface area contributed by atoms with Crippen molar-refractivity contribution in [1.29, 1.82) is 0 Å². The maximum absolute atomic E-state index is 13.1. The molecule has 1 amide bonds. The van der Waals surface area contributed by atoms with Crippen LogP contribution in [0.15, 0.2) is 70.9 Å². The lowest BCUT2D eigenvalue weighted by Crippen LogP contribution is -2.33. The second kappa shape index (κ2) is 8.00. The van der Waals surface area contributed by atoms with Gasteiger partial charge in [-0.15, -0.1) is 11.3 Å². The highest BCUT2D eigenvalue weighted by Crippen LogP contribution is 2.34. The Morgan fingerprint density at radius 2 is 1.83 bits per heavy atom. The van der Waals surface area contributed by atoms with Gasteiger partial charge in [0.1, 0.15) is 4.88 Å². The Bertz CT molecular complexity index is 1120. The highest BCUT2D eigenvalue weighted by molar-refractivity contribution is 7.92. The van der Waals surface area contributed by atoms with Crippen LogP contribution in [-0.2, 0) is 16.4 Å². The van der Waals surface area contributed by atoms with E-state index in [-0.39, 0.29) is 23.4 Å². The number of hydrogen-bond donors (Lipinski definition) is 1. The molecule has 0 bridgehead atoms. The van der Waals surface area contributed by atoms with E-state index in [1.165, 1.54) is 21.2 Å². The van der Waals surface area contributed by atoms with Crippen molar-refractivity contribution >= 4 is 33.0 Å². The van der Waals surface area contributed by atoms with Gasteiger partial charge in [0.2, 0.25) is 0 Å². The molecule has 5 nitrogen and oxygen atoms in total. The molecule has 1 aromatic heterocycles. The largest absolute Gasteiger partial charge is 0.344 e. The highest BCUT2D eigenvalue weighted by atomic mass is 32.2. The average Bonchev–Trinajstić information content (AvgIpc) is 3.37. The van der Waals surface area contributed by atoms with Crippen LogP contribution in [0.25, 0.3) is 0 Å². The summed E-state index contributed by atoms with van der Waals surface area (Å²) in [6, 6.07) is 18.1. The molecule has 1 N–H and O–H groups in total. The molecule has 150 valence electrons. The minimum atomic E-state index is -3.75. The first-order valence-corrected chi connectivity index (χ1v) is 11.9. The second-order valence-corrected chi connectivity index (χ2v) is 9.66. The van der Waals surface area contributed by atoms with Crippen molar-refractivity contribution in [1.82, 2.24) is 5.32 Å². The Kier molecular flexibility index (Phi) is 5.43. The Balaban J connectivity index is 1.62. The van der Waals surface area contributed by atoms with Crippen LogP contribution < -0.4 is 9.62 Å².